The number of rotatable bonds is 0. The molecule has 3 unspecified atom stereocenters. The molecular formula is C7H12F2N2. The Hall–Kier alpha value is -0.220. The van der Waals surface area contributed by atoms with Crippen LogP contribution in [0.5, 0.6) is 0 Å². The molecule has 2 fully saturated rings. The molecule has 2 saturated heterocycles. The SMILES string of the molecule is NC1CC2CC(F)(F)C(C1)N2. The van der Waals surface area contributed by atoms with Gasteiger partial charge < -0.3 is 11.1 Å². The van der Waals surface area contributed by atoms with E-state index in [0.29, 0.717) is 12.8 Å². The molecule has 3 atom stereocenters. The Morgan fingerprint density at radius 3 is 2.73 bits per heavy atom. The molecule has 0 amide bonds. The van der Waals surface area contributed by atoms with Gasteiger partial charge in [-0.3, -0.25) is 0 Å². The first kappa shape index (κ1) is 7.43. The zero-order valence-corrected chi connectivity index (χ0v) is 6.19. The second kappa shape index (κ2) is 2.14. The van der Waals surface area contributed by atoms with Crippen LogP contribution in [0.2, 0.25) is 0 Å². The van der Waals surface area contributed by atoms with Crippen LogP contribution in [0.3, 0.4) is 0 Å². The monoisotopic (exact) mass is 162 g/mol. The van der Waals surface area contributed by atoms with Crippen LogP contribution in [0.15, 0.2) is 0 Å². The van der Waals surface area contributed by atoms with Crippen molar-refractivity contribution in [1.29, 1.82) is 0 Å². The molecule has 64 valence electrons. The van der Waals surface area contributed by atoms with Gasteiger partial charge in [-0.05, 0) is 12.8 Å². The average molecular weight is 162 g/mol. The van der Waals surface area contributed by atoms with Crippen LogP contribution in [-0.4, -0.2) is 24.0 Å². The van der Waals surface area contributed by atoms with Gasteiger partial charge in [0, 0.05) is 18.5 Å². The summed E-state index contributed by atoms with van der Waals surface area (Å²) in [5.41, 5.74) is 5.60. The fourth-order valence-electron chi connectivity index (χ4n) is 2.09. The molecule has 0 aliphatic carbocycles. The van der Waals surface area contributed by atoms with Gasteiger partial charge in [0.15, 0.2) is 0 Å². The van der Waals surface area contributed by atoms with Gasteiger partial charge in [-0.1, -0.05) is 0 Å². The van der Waals surface area contributed by atoms with Crippen molar-refractivity contribution in [1.82, 2.24) is 5.32 Å². The first-order chi connectivity index (χ1) is 5.08. The lowest BCUT2D eigenvalue weighted by Gasteiger charge is -2.26. The van der Waals surface area contributed by atoms with E-state index in [1.165, 1.54) is 0 Å². The number of nitrogens with one attached hydrogen (secondary N) is 1. The van der Waals surface area contributed by atoms with Crippen molar-refractivity contribution >= 4 is 0 Å². The van der Waals surface area contributed by atoms with Crippen molar-refractivity contribution in [3.63, 3.8) is 0 Å². The maximum Gasteiger partial charge on any atom is 0.264 e. The van der Waals surface area contributed by atoms with Crippen LogP contribution >= 0.6 is 0 Å². The Labute approximate surface area is 64.1 Å². The van der Waals surface area contributed by atoms with Gasteiger partial charge in [-0.15, -0.1) is 0 Å². The fourth-order valence-corrected chi connectivity index (χ4v) is 2.09. The third-order valence-electron chi connectivity index (χ3n) is 2.59. The Kier molecular flexibility index (Phi) is 1.44. The van der Waals surface area contributed by atoms with E-state index in [1.54, 1.807) is 0 Å². The highest BCUT2D eigenvalue weighted by Gasteiger charge is 2.51. The van der Waals surface area contributed by atoms with Crippen molar-refractivity contribution < 1.29 is 8.78 Å². The summed E-state index contributed by atoms with van der Waals surface area (Å²) in [4.78, 5) is 0. The highest BCUT2D eigenvalue weighted by Crippen LogP contribution is 2.38. The Morgan fingerprint density at radius 2 is 2.09 bits per heavy atom. The van der Waals surface area contributed by atoms with Crippen molar-refractivity contribution in [2.45, 2.75) is 43.3 Å². The van der Waals surface area contributed by atoms with E-state index in [4.69, 9.17) is 5.73 Å². The first-order valence-corrected chi connectivity index (χ1v) is 3.97. The van der Waals surface area contributed by atoms with Crippen molar-refractivity contribution in [3.05, 3.63) is 0 Å². The van der Waals surface area contributed by atoms with Gasteiger partial charge in [0.05, 0.1) is 6.04 Å². The third kappa shape index (κ3) is 1.14. The van der Waals surface area contributed by atoms with Crippen LogP contribution < -0.4 is 11.1 Å². The molecule has 11 heavy (non-hydrogen) atoms. The zero-order valence-electron chi connectivity index (χ0n) is 6.19. The third-order valence-corrected chi connectivity index (χ3v) is 2.59. The van der Waals surface area contributed by atoms with Crippen molar-refractivity contribution in [3.8, 4) is 0 Å². The summed E-state index contributed by atoms with van der Waals surface area (Å²) < 4.78 is 25.9. The molecule has 2 bridgehead atoms. The summed E-state index contributed by atoms with van der Waals surface area (Å²) in [6.45, 7) is 0. The lowest BCUT2D eigenvalue weighted by Crippen LogP contribution is -2.47. The minimum atomic E-state index is -2.52. The summed E-state index contributed by atoms with van der Waals surface area (Å²) in [6, 6.07) is -0.727. The molecule has 0 aromatic carbocycles. The van der Waals surface area contributed by atoms with E-state index < -0.39 is 12.0 Å². The molecule has 2 aliphatic heterocycles. The first-order valence-electron chi connectivity index (χ1n) is 3.97. The largest absolute Gasteiger partial charge is 0.328 e. The summed E-state index contributed by atoms with van der Waals surface area (Å²) in [5, 5.41) is 2.88. The topological polar surface area (TPSA) is 38.0 Å². The number of halogens is 2. The predicted molar refractivity (Wildman–Crippen MR) is 37.5 cm³/mol. The summed E-state index contributed by atoms with van der Waals surface area (Å²) in [5.74, 6) is -2.52. The molecular weight excluding hydrogens is 150 g/mol. The molecule has 0 saturated carbocycles. The quantitative estimate of drug-likeness (QED) is 0.543. The van der Waals surface area contributed by atoms with Crippen molar-refractivity contribution in [2.75, 3.05) is 0 Å². The van der Waals surface area contributed by atoms with Gasteiger partial charge in [0.2, 0.25) is 0 Å². The Balaban J connectivity index is 2.14. The lowest BCUT2D eigenvalue weighted by molar-refractivity contribution is -0.0127. The summed E-state index contributed by atoms with van der Waals surface area (Å²) in [6.07, 6.45) is 1.10. The number of hydrogen-bond donors (Lipinski definition) is 2. The van der Waals surface area contributed by atoms with E-state index in [0.717, 1.165) is 0 Å². The number of nitrogens with two attached hydrogens (primary N) is 1. The predicted octanol–water partition coefficient (Wildman–Crippen LogP) is 0.473. The van der Waals surface area contributed by atoms with Gasteiger partial charge in [-0.25, -0.2) is 8.78 Å². The smallest absolute Gasteiger partial charge is 0.264 e. The Morgan fingerprint density at radius 1 is 1.36 bits per heavy atom. The molecule has 0 radical (unpaired) electrons. The highest BCUT2D eigenvalue weighted by atomic mass is 19.3. The van der Waals surface area contributed by atoms with E-state index in [1.807, 2.05) is 0 Å². The van der Waals surface area contributed by atoms with Crippen LogP contribution in [-0.2, 0) is 0 Å². The molecule has 4 heteroatoms. The normalized spacial score (nSPS) is 47.7. The molecule has 0 spiro atoms. The molecule has 2 aliphatic rings. The van der Waals surface area contributed by atoms with Gasteiger partial charge in [0.25, 0.3) is 5.92 Å². The van der Waals surface area contributed by atoms with Crippen LogP contribution in [0.1, 0.15) is 19.3 Å². The molecule has 2 rings (SSSR count). The maximum absolute atomic E-state index is 13.0. The zero-order chi connectivity index (χ0) is 8.06. The molecule has 0 aromatic heterocycles. The second-order valence-corrected chi connectivity index (χ2v) is 3.61. The number of hydrogen-bond acceptors (Lipinski definition) is 2. The minimum absolute atomic E-state index is 0.0225. The summed E-state index contributed by atoms with van der Waals surface area (Å²) in [7, 11) is 0. The molecule has 2 heterocycles. The lowest BCUT2D eigenvalue weighted by atomic mass is 10.0. The van der Waals surface area contributed by atoms with Crippen LogP contribution in [0, 0.1) is 0 Å². The average Bonchev–Trinajstić information content (AvgIpc) is 2.02. The van der Waals surface area contributed by atoms with Gasteiger partial charge >= 0.3 is 0 Å². The fraction of sp³-hybridized carbons (Fsp3) is 1.00. The van der Waals surface area contributed by atoms with Crippen molar-refractivity contribution in [2.24, 2.45) is 5.73 Å². The van der Waals surface area contributed by atoms with Crippen LogP contribution in [0.25, 0.3) is 0 Å². The second-order valence-electron chi connectivity index (χ2n) is 3.61. The molecule has 0 aromatic rings. The van der Waals surface area contributed by atoms with E-state index >= 15 is 0 Å². The van der Waals surface area contributed by atoms with E-state index in [9.17, 15) is 8.78 Å². The van der Waals surface area contributed by atoms with E-state index in [-0.39, 0.29) is 18.5 Å². The minimum Gasteiger partial charge on any atom is -0.328 e. The van der Waals surface area contributed by atoms with Crippen LogP contribution in [0.4, 0.5) is 8.78 Å². The number of piperidine rings is 1. The molecule has 2 nitrogen and oxygen atoms in total. The number of fused-ring (bicyclic) bond motifs is 2. The highest BCUT2D eigenvalue weighted by molar-refractivity contribution is 5.03. The summed E-state index contributed by atoms with van der Waals surface area (Å²) >= 11 is 0. The van der Waals surface area contributed by atoms with Gasteiger partial charge in [0.1, 0.15) is 0 Å². The van der Waals surface area contributed by atoms with E-state index in [2.05, 4.69) is 5.32 Å². The number of alkyl halides is 2. The van der Waals surface area contributed by atoms with Gasteiger partial charge in [-0.2, -0.15) is 0 Å². The maximum atomic E-state index is 13.0. The standard InChI is InChI=1S/C7H12F2N2/c8-7(9)3-5-1-4(10)2-6(7)11-5/h4-6,11H,1-3,10H2. The molecule has 3 N–H and O–H groups in total. The Bertz CT molecular complexity index is 172.